The number of aliphatic hydroxyl groups is 1. The largest absolute Gasteiger partial charge is 0.470 e. The number of fused-ring (bicyclic) bond motifs is 4. The molecule has 7 aliphatic rings. The highest BCUT2D eigenvalue weighted by molar-refractivity contribution is 7.46. The second-order valence-electron chi connectivity index (χ2n) is 26.0. The van der Waals surface area contributed by atoms with Crippen molar-refractivity contribution in [3.63, 3.8) is 0 Å². The maximum absolute atomic E-state index is 14.3. The molecule has 1 aliphatic carbocycles. The maximum Gasteiger partial charge on any atom is 0.470 e. The molecule has 6 aliphatic heterocycles. The molecule has 23 nitrogen and oxygen atoms in total. The Morgan fingerprint density at radius 2 is 1.56 bits per heavy atom. The summed E-state index contributed by atoms with van der Waals surface area (Å²) in [6.07, 6.45) is 9.51. The molecule has 3 aromatic heterocycles. The molecule has 4 fully saturated rings. The molecule has 5 aromatic rings. The number of aryl methyl sites for hydroxylation is 1. The van der Waals surface area contributed by atoms with Gasteiger partial charge in [-0.2, -0.15) is 0 Å². The van der Waals surface area contributed by atoms with Crippen LogP contribution in [0.4, 0.5) is 45.9 Å². The Bertz CT molecular complexity index is 3670. The molecule has 24 heteroatoms. The summed E-state index contributed by atoms with van der Waals surface area (Å²) in [5.74, 6) is -0.0318. The average Bonchev–Trinajstić information content (AvgIpc) is 1.73. The van der Waals surface area contributed by atoms with E-state index in [2.05, 4.69) is 75.2 Å². The highest BCUT2D eigenvalue weighted by atomic mass is 31.2. The van der Waals surface area contributed by atoms with Crippen molar-refractivity contribution in [3.8, 4) is 0 Å². The zero-order chi connectivity index (χ0) is 61.6. The number of aromatic nitrogens is 4. The number of nitrogens with zero attached hydrogens (tertiary/aromatic N) is 11. The maximum atomic E-state index is 14.3. The summed E-state index contributed by atoms with van der Waals surface area (Å²) in [5.41, 5.74) is 5.90. The normalized spacial score (nSPS) is 24.3. The average molecular weight is 1210 g/mol. The number of pyridine rings is 1. The Kier molecular flexibility index (Phi) is 15.8. The first-order valence-corrected chi connectivity index (χ1v) is 32.1. The molecule has 0 spiro atoms. The molecule has 462 valence electrons. The van der Waals surface area contributed by atoms with Crippen molar-refractivity contribution in [3.05, 3.63) is 118 Å². The molecule has 4 amide bonds. The molecule has 87 heavy (non-hydrogen) atoms. The number of rotatable bonds is 14. The summed E-state index contributed by atoms with van der Waals surface area (Å²) >= 11 is 0. The lowest BCUT2D eigenvalue weighted by Crippen LogP contribution is -2.62. The highest BCUT2D eigenvalue weighted by Gasteiger charge is 2.46. The number of phosphoric ester groups is 1. The number of carbonyl (C=O) groups is 4. The number of piperidine rings is 3. The van der Waals surface area contributed by atoms with Crippen molar-refractivity contribution in [2.45, 2.75) is 141 Å². The van der Waals surface area contributed by atoms with Crippen LogP contribution in [0.1, 0.15) is 123 Å². The van der Waals surface area contributed by atoms with E-state index >= 15 is 0 Å². The first-order valence-electron chi connectivity index (χ1n) is 30.5. The van der Waals surface area contributed by atoms with Crippen LogP contribution in [-0.4, -0.2) is 162 Å². The lowest BCUT2D eigenvalue weighted by atomic mass is 9.89. The quantitative estimate of drug-likeness (QED) is 0.0441. The standard InChI is InChI=1S/C63H80N13O10P/c1-9-55(78)66-48-31-42(65-57-61(82)68(8)37-54(67-57)75-21-10-11-50(56(75)40(4)77)74-28-27-73-51(60(74)81)30-41-33-62(5,6)34-52(41)73)12-16-49(48)72-26-25-70(36-39(72)3)43-18-22-71(38(2)29-43)44-13-15-46-47(32-44)59(80)76(58(46)79)45-14-17-53(64-35-45)69-23-19-63(7,20-24-69)86-87(83,84)85/h9,12-17,30-32,35,37-40,43,50,56,77H,1,10-11,18-29,33-34,36H2,2-8H3,(H,65,67)(H,66,78)(H2,83,84,85)/t38-,39-,40?,43?,50-,56-/m0/s1. The van der Waals surface area contributed by atoms with E-state index in [1.54, 1.807) is 45.3 Å². The Morgan fingerprint density at radius 3 is 2.26 bits per heavy atom. The lowest BCUT2D eigenvalue weighted by molar-refractivity contribution is -0.111. The fraction of sp³-hybridized carbons (Fsp3) is 0.508. The molecule has 2 unspecified atom stereocenters. The molecule has 9 heterocycles. The van der Waals surface area contributed by atoms with E-state index in [1.807, 2.05) is 45.0 Å². The molecule has 4 saturated heterocycles. The second kappa shape index (κ2) is 23.0. The molecule has 0 radical (unpaired) electrons. The van der Waals surface area contributed by atoms with Gasteiger partial charge in [-0.15, -0.1) is 0 Å². The van der Waals surface area contributed by atoms with Crippen LogP contribution in [0.25, 0.3) is 0 Å². The van der Waals surface area contributed by atoms with Crippen LogP contribution in [0, 0.1) is 5.41 Å². The summed E-state index contributed by atoms with van der Waals surface area (Å²) in [6, 6.07) is 16.4. The van der Waals surface area contributed by atoms with Gasteiger partial charge in [-0.05, 0) is 151 Å². The Morgan fingerprint density at radius 1 is 0.816 bits per heavy atom. The monoisotopic (exact) mass is 1210 g/mol. The molecule has 12 rings (SSSR count). The van der Waals surface area contributed by atoms with Crippen LogP contribution in [0.5, 0.6) is 0 Å². The topological polar surface area (TPSA) is 255 Å². The third kappa shape index (κ3) is 11.6. The van der Waals surface area contributed by atoms with E-state index in [0.29, 0.717) is 98.0 Å². The number of anilines is 8. The minimum atomic E-state index is -4.65. The molecule has 0 saturated carbocycles. The number of piperazine rings is 1. The number of imide groups is 1. The summed E-state index contributed by atoms with van der Waals surface area (Å²) in [6.45, 7) is 21.8. The Labute approximate surface area is 506 Å². The van der Waals surface area contributed by atoms with Crippen molar-refractivity contribution in [1.82, 2.24) is 28.9 Å². The van der Waals surface area contributed by atoms with Gasteiger partial charge in [0, 0.05) is 107 Å². The number of hydrogen-bond acceptors (Lipinski definition) is 16. The molecule has 2 aromatic carbocycles. The van der Waals surface area contributed by atoms with E-state index in [-0.39, 0.29) is 46.7 Å². The summed E-state index contributed by atoms with van der Waals surface area (Å²) < 4.78 is 20.3. The van der Waals surface area contributed by atoms with E-state index in [9.17, 15) is 43.4 Å². The fourth-order valence-electron chi connectivity index (χ4n) is 15.0. The molecule has 5 N–H and O–H groups in total. The van der Waals surface area contributed by atoms with Crippen molar-refractivity contribution >= 4 is 77.3 Å². The highest BCUT2D eigenvalue weighted by Crippen LogP contribution is 2.46. The van der Waals surface area contributed by atoms with E-state index in [1.165, 1.54) is 28.1 Å². The summed E-state index contributed by atoms with van der Waals surface area (Å²) in [7, 11) is -2.97. The lowest BCUT2D eigenvalue weighted by Gasteiger charge is -2.48. The minimum absolute atomic E-state index is 0.0140. The van der Waals surface area contributed by atoms with Gasteiger partial charge < -0.3 is 59.2 Å². The first kappa shape index (κ1) is 59.9. The van der Waals surface area contributed by atoms with E-state index in [4.69, 9.17) is 9.51 Å². The van der Waals surface area contributed by atoms with E-state index in [0.717, 1.165) is 80.1 Å². The number of phosphoric acid groups is 1. The van der Waals surface area contributed by atoms with Crippen LogP contribution in [-0.2, 0) is 40.3 Å². The van der Waals surface area contributed by atoms with Gasteiger partial charge in [-0.25, -0.2) is 19.4 Å². The van der Waals surface area contributed by atoms with Crippen molar-refractivity contribution in [2.24, 2.45) is 12.5 Å². The third-order valence-electron chi connectivity index (χ3n) is 19.3. The van der Waals surface area contributed by atoms with Crippen LogP contribution in [0.2, 0.25) is 0 Å². The predicted molar refractivity (Wildman–Crippen MR) is 334 cm³/mol. The van der Waals surface area contributed by atoms with Crippen LogP contribution >= 0.6 is 7.82 Å². The van der Waals surface area contributed by atoms with Gasteiger partial charge in [0.2, 0.25) is 5.91 Å². The predicted octanol–water partition coefficient (Wildman–Crippen LogP) is 6.68. The number of hydrogen-bond donors (Lipinski definition) is 5. The van der Waals surface area contributed by atoms with Crippen LogP contribution in [0.15, 0.2) is 84.4 Å². The Hall–Kier alpha value is -7.40. The van der Waals surface area contributed by atoms with Crippen molar-refractivity contribution in [2.75, 3.05) is 87.5 Å². The number of benzene rings is 2. The zero-order valence-electron chi connectivity index (χ0n) is 50.7. The molecule has 6 atom stereocenters. The van der Waals surface area contributed by atoms with Gasteiger partial charge >= 0.3 is 7.82 Å². The third-order valence-corrected chi connectivity index (χ3v) is 19.9. The van der Waals surface area contributed by atoms with E-state index < -0.39 is 37.4 Å². The van der Waals surface area contributed by atoms with Gasteiger partial charge in [0.1, 0.15) is 17.3 Å². The smallest absolute Gasteiger partial charge is 0.391 e. The SMILES string of the molecule is C=CC(=O)Nc1cc(Nc2nc(N3CCC[C@H](N4CCn5c(cc6c5CC(C)(C)C6)C4=O)[C@@H]3C(C)O)cn(C)c2=O)ccc1N1CCN(C2CCN(c3ccc4c(c3)C(=O)N(c3ccc(N5CCC(C)(OP(=O)(O)O)CC5)nc3)C4=O)[C@@H](C)C2)C[C@@H]1C. The minimum Gasteiger partial charge on any atom is -0.391 e. The van der Waals surface area contributed by atoms with Gasteiger partial charge in [0.25, 0.3) is 23.3 Å². The molecule has 0 bridgehead atoms. The van der Waals surface area contributed by atoms with Gasteiger partial charge in [-0.1, -0.05) is 20.4 Å². The Balaban J connectivity index is 0.687. The summed E-state index contributed by atoms with van der Waals surface area (Å²) in [4.78, 5) is 112. The van der Waals surface area contributed by atoms with Crippen molar-refractivity contribution < 1.29 is 43.2 Å². The zero-order valence-corrected chi connectivity index (χ0v) is 51.6. The van der Waals surface area contributed by atoms with Crippen molar-refractivity contribution in [1.29, 1.82) is 0 Å². The van der Waals surface area contributed by atoms with Gasteiger partial charge in [-0.3, -0.25) is 33.4 Å². The number of carbonyl (C=O) groups excluding carboxylic acids is 4. The summed E-state index contributed by atoms with van der Waals surface area (Å²) in [5, 5.41) is 17.8. The fourth-order valence-corrected chi connectivity index (χ4v) is 15.7. The molecular weight excluding hydrogens is 1130 g/mol. The molecular formula is C63H80N13O10P. The van der Waals surface area contributed by atoms with Crippen LogP contribution < -0.4 is 40.7 Å². The van der Waals surface area contributed by atoms with Gasteiger partial charge in [0.05, 0.1) is 58.2 Å². The number of amides is 4. The van der Waals surface area contributed by atoms with Gasteiger partial charge in [0.15, 0.2) is 5.82 Å². The van der Waals surface area contributed by atoms with Crippen LogP contribution in [0.3, 0.4) is 0 Å². The first-order chi connectivity index (χ1) is 41.4. The number of nitrogens with one attached hydrogen (secondary N) is 2. The second-order valence-corrected chi connectivity index (χ2v) is 27.2. The number of aliphatic hydroxyl groups excluding tert-OH is 1.